The molecule has 0 bridgehead atoms. The van der Waals surface area contributed by atoms with Crippen molar-refractivity contribution in [1.29, 1.82) is 0 Å². The first-order valence-electron chi connectivity index (χ1n) is 7.16. The van der Waals surface area contributed by atoms with Crippen molar-refractivity contribution in [1.82, 2.24) is 4.98 Å². The average molecular weight is 286 g/mol. The predicted octanol–water partition coefficient (Wildman–Crippen LogP) is 4.17. The summed E-state index contributed by atoms with van der Waals surface area (Å²) in [5.41, 5.74) is 10.4. The molecule has 0 amide bonds. The lowest BCUT2D eigenvalue weighted by Gasteiger charge is -2.35. The van der Waals surface area contributed by atoms with Crippen molar-refractivity contribution in [3.05, 3.63) is 28.1 Å². The van der Waals surface area contributed by atoms with Crippen LogP contribution in [0.5, 0.6) is 5.75 Å². The van der Waals surface area contributed by atoms with E-state index in [9.17, 15) is 0 Å². The van der Waals surface area contributed by atoms with Crippen molar-refractivity contribution >= 4 is 16.5 Å². The van der Waals surface area contributed by atoms with Crippen LogP contribution in [0.1, 0.15) is 41.7 Å². The number of nitrogen functional groups attached to an aromatic ring is 1. The van der Waals surface area contributed by atoms with E-state index in [0.29, 0.717) is 5.13 Å². The largest absolute Gasteiger partial charge is 0.481 e. The molecule has 4 heteroatoms. The number of fused-ring (bicyclic) bond motifs is 4. The van der Waals surface area contributed by atoms with E-state index in [1.807, 2.05) is 0 Å². The second-order valence-electron chi connectivity index (χ2n) is 5.99. The molecule has 2 aromatic rings. The Kier molecular flexibility index (Phi) is 2.43. The van der Waals surface area contributed by atoms with E-state index in [2.05, 4.69) is 31.0 Å². The third-order valence-electron chi connectivity index (χ3n) is 4.44. The molecule has 0 saturated heterocycles. The van der Waals surface area contributed by atoms with Gasteiger partial charge in [-0.05, 0) is 56.7 Å². The van der Waals surface area contributed by atoms with Crippen LogP contribution in [0.4, 0.5) is 5.13 Å². The smallest absolute Gasteiger partial charge is 0.180 e. The Morgan fingerprint density at radius 3 is 2.75 bits per heavy atom. The molecule has 20 heavy (non-hydrogen) atoms. The Morgan fingerprint density at radius 1 is 1.25 bits per heavy atom. The van der Waals surface area contributed by atoms with Crippen LogP contribution in [0.3, 0.4) is 0 Å². The van der Waals surface area contributed by atoms with Crippen LogP contribution in [0, 0.1) is 13.8 Å². The fraction of sp³-hybridized carbons (Fsp3) is 0.438. The van der Waals surface area contributed by atoms with Crippen LogP contribution in [-0.2, 0) is 5.60 Å². The third-order valence-corrected chi connectivity index (χ3v) is 5.51. The Morgan fingerprint density at radius 2 is 2.00 bits per heavy atom. The van der Waals surface area contributed by atoms with Crippen LogP contribution in [-0.4, -0.2) is 4.98 Å². The molecule has 3 nitrogen and oxygen atoms in total. The van der Waals surface area contributed by atoms with Gasteiger partial charge in [-0.3, -0.25) is 0 Å². The zero-order chi connectivity index (χ0) is 13.9. The van der Waals surface area contributed by atoms with Gasteiger partial charge in [0.15, 0.2) is 5.13 Å². The minimum atomic E-state index is -0.169. The quantitative estimate of drug-likeness (QED) is 0.790. The first kappa shape index (κ1) is 12.2. The topological polar surface area (TPSA) is 48.1 Å². The first-order valence-corrected chi connectivity index (χ1v) is 7.98. The lowest BCUT2D eigenvalue weighted by molar-refractivity contribution is 0.0739. The number of nitrogens with two attached hydrogens (primary N) is 1. The lowest BCUT2D eigenvalue weighted by Crippen LogP contribution is -2.32. The van der Waals surface area contributed by atoms with E-state index in [0.717, 1.165) is 29.8 Å². The molecule has 1 saturated carbocycles. The van der Waals surface area contributed by atoms with Gasteiger partial charge in [-0.15, -0.1) is 0 Å². The normalized spacial score (nSPS) is 18.7. The zero-order valence-electron chi connectivity index (χ0n) is 11.8. The summed E-state index contributed by atoms with van der Waals surface area (Å²) in [5, 5.41) is 0.650. The molecule has 2 aliphatic rings. The number of rotatable bonds is 0. The molecule has 1 aromatic carbocycles. The zero-order valence-corrected chi connectivity index (χ0v) is 12.6. The summed E-state index contributed by atoms with van der Waals surface area (Å²) in [6.45, 7) is 4.23. The van der Waals surface area contributed by atoms with E-state index in [1.54, 1.807) is 11.3 Å². The highest BCUT2D eigenvalue weighted by molar-refractivity contribution is 7.16. The van der Waals surface area contributed by atoms with Gasteiger partial charge in [0.05, 0.1) is 10.6 Å². The second-order valence-corrected chi connectivity index (χ2v) is 7.02. The molecule has 1 spiro atoms. The van der Waals surface area contributed by atoms with Crippen molar-refractivity contribution in [2.24, 2.45) is 0 Å². The maximum Gasteiger partial charge on any atom is 0.180 e. The van der Waals surface area contributed by atoms with Gasteiger partial charge < -0.3 is 10.5 Å². The van der Waals surface area contributed by atoms with Crippen molar-refractivity contribution < 1.29 is 4.74 Å². The number of thiazole rings is 1. The summed E-state index contributed by atoms with van der Waals surface area (Å²) in [6.07, 6.45) is 4.59. The maximum atomic E-state index is 6.52. The lowest BCUT2D eigenvalue weighted by atomic mass is 9.90. The fourth-order valence-electron chi connectivity index (χ4n) is 3.61. The molecule has 1 fully saturated rings. The van der Waals surface area contributed by atoms with E-state index < -0.39 is 0 Å². The molecule has 0 atom stereocenters. The summed E-state index contributed by atoms with van der Waals surface area (Å²) >= 11 is 1.60. The number of benzene rings is 1. The molecule has 4 rings (SSSR count). The summed E-state index contributed by atoms with van der Waals surface area (Å²) in [7, 11) is 0. The predicted molar refractivity (Wildman–Crippen MR) is 82.2 cm³/mol. The van der Waals surface area contributed by atoms with Crippen LogP contribution in [0.2, 0.25) is 0 Å². The number of ether oxygens (including phenoxy) is 1. The standard InChI is InChI=1S/C16H18N2OS/c1-9-7-10(2)13-11(8-9)12-14(20-15(17)18-12)16(19-13)5-3-4-6-16/h7-8H,3-6H2,1-2H3,(H2,17,18). The van der Waals surface area contributed by atoms with Gasteiger partial charge in [-0.1, -0.05) is 17.4 Å². The van der Waals surface area contributed by atoms with E-state index in [-0.39, 0.29) is 5.60 Å². The number of aromatic nitrogens is 1. The molecular weight excluding hydrogens is 268 g/mol. The number of hydrogen-bond donors (Lipinski definition) is 1. The van der Waals surface area contributed by atoms with Crippen molar-refractivity contribution in [2.75, 3.05) is 5.73 Å². The molecular formula is C16H18N2OS. The molecule has 104 valence electrons. The van der Waals surface area contributed by atoms with Gasteiger partial charge in [0, 0.05) is 5.56 Å². The fourth-order valence-corrected chi connectivity index (χ4v) is 4.64. The molecule has 0 radical (unpaired) electrons. The Hall–Kier alpha value is -1.55. The van der Waals surface area contributed by atoms with Crippen LogP contribution in [0.15, 0.2) is 12.1 Å². The van der Waals surface area contributed by atoms with E-state index in [4.69, 9.17) is 10.5 Å². The number of aryl methyl sites for hydroxylation is 2. The highest BCUT2D eigenvalue weighted by Gasteiger charge is 2.46. The third kappa shape index (κ3) is 1.54. The molecule has 1 aliphatic heterocycles. The average Bonchev–Trinajstić information content (AvgIpc) is 2.99. The van der Waals surface area contributed by atoms with Gasteiger partial charge in [0.25, 0.3) is 0 Å². The SMILES string of the molecule is Cc1cc(C)c2c(c1)-c1nc(N)sc1C1(CCCC1)O2. The van der Waals surface area contributed by atoms with Crippen LogP contribution >= 0.6 is 11.3 Å². The highest BCUT2D eigenvalue weighted by atomic mass is 32.1. The van der Waals surface area contributed by atoms with Gasteiger partial charge in [-0.2, -0.15) is 0 Å². The van der Waals surface area contributed by atoms with Crippen molar-refractivity contribution in [3.63, 3.8) is 0 Å². The van der Waals surface area contributed by atoms with Gasteiger partial charge in [0.2, 0.25) is 0 Å². The number of anilines is 1. The highest BCUT2D eigenvalue weighted by Crippen LogP contribution is 2.55. The summed E-state index contributed by atoms with van der Waals surface area (Å²) in [4.78, 5) is 5.85. The summed E-state index contributed by atoms with van der Waals surface area (Å²) < 4.78 is 6.52. The number of nitrogens with zero attached hydrogens (tertiary/aromatic N) is 1. The summed E-state index contributed by atoms with van der Waals surface area (Å²) in [6, 6.07) is 4.35. The Labute approximate surface area is 122 Å². The maximum absolute atomic E-state index is 6.52. The van der Waals surface area contributed by atoms with Gasteiger partial charge >= 0.3 is 0 Å². The van der Waals surface area contributed by atoms with Crippen molar-refractivity contribution in [2.45, 2.75) is 45.1 Å². The molecule has 1 aromatic heterocycles. The minimum absolute atomic E-state index is 0.169. The van der Waals surface area contributed by atoms with E-state index >= 15 is 0 Å². The molecule has 2 heterocycles. The van der Waals surface area contributed by atoms with Crippen LogP contribution < -0.4 is 10.5 Å². The first-order chi connectivity index (χ1) is 9.59. The monoisotopic (exact) mass is 286 g/mol. The second kappa shape index (κ2) is 3.98. The number of hydrogen-bond acceptors (Lipinski definition) is 4. The molecule has 0 unspecified atom stereocenters. The van der Waals surface area contributed by atoms with Crippen molar-refractivity contribution in [3.8, 4) is 17.0 Å². The van der Waals surface area contributed by atoms with Gasteiger partial charge in [0.1, 0.15) is 11.4 Å². The van der Waals surface area contributed by atoms with Gasteiger partial charge in [-0.25, -0.2) is 4.98 Å². The Bertz CT molecular complexity index is 699. The minimum Gasteiger partial charge on any atom is -0.481 e. The van der Waals surface area contributed by atoms with Crippen LogP contribution in [0.25, 0.3) is 11.3 Å². The van der Waals surface area contributed by atoms with E-state index in [1.165, 1.54) is 28.8 Å². The molecule has 1 aliphatic carbocycles. The molecule has 2 N–H and O–H groups in total. The summed E-state index contributed by atoms with van der Waals surface area (Å²) in [5.74, 6) is 1.01. The Balaban J connectivity index is 2.02.